The molecular formula is C26H26ClN3O5S. The fraction of sp³-hybridized carbons (Fsp3) is 0.154. The minimum atomic E-state index is -4.15. The Morgan fingerprint density at radius 2 is 1.89 bits per heavy atom. The van der Waals surface area contributed by atoms with Crippen LogP contribution in [0.1, 0.15) is 11.1 Å². The van der Waals surface area contributed by atoms with E-state index >= 15 is 0 Å². The molecule has 0 radical (unpaired) electrons. The van der Waals surface area contributed by atoms with Crippen molar-refractivity contribution >= 4 is 39.4 Å². The molecule has 0 unspecified atom stereocenters. The number of methoxy groups -OCH3 is 1. The zero-order valence-corrected chi connectivity index (χ0v) is 21.4. The van der Waals surface area contributed by atoms with Gasteiger partial charge in [-0.15, -0.1) is 0 Å². The highest BCUT2D eigenvalue weighted by atomic mass is 35.5. The molecule has 0 spiro atoms. The average Bonchev–Trinajstić information content (AvgIpc) is 2.86. The molecule has 188 valence electrons. The Morgan fingerprint density at radius 1 is 1.14 bits per heavy atom. The normalized spacial score (nSPS) is 11.2. The lowest BCUT2D eigenvalue weighted by molar-refractivity contribution is -0.119. The second kappa shape index (κ2) is 12.2. The zero-order valence-electron chi connectivity index (χ0n) is 19.8. The van der Waals surface area contributed by atoms with Crippen LogP contribution in [0, 0.1) is 6.92 Å². The summed E-state index contributed by atoms with van der Waals surface area (Å²) in [5.74, 6) is 0.194. The molecule has 0 saturated heterocycles. The minimum absolute atomic E-state index is 0.0165. The molecule has 0 aliphatic rings. The van der Waals surface area contributed by atoms with Crippen LogP contribution in [0.4, 0.5) is 5.69 Å². The van der Waals surface area contributed by atoms with Crippen molar-refractivity contribution in [2.45, 2.75) is 11.8 Å². The minimum Gasteiger partial charge on any atom is -0.495 e. The number of carbonyl (C=O) groups excluding carboxylic acids is 1. The van der Waals surface area contributed by atoms with Crippen LogP contribution in [0.5, 0.6) is 11.5 Å². The predicted octanol–water partition coefficient (Wildman–Crippen LogP) is 4.57. The molecule has 36 heavy (non-hydrogen) atoms. The smallest absolute Gasteiger partial charge is 0.264 e. The van der Waals surface area contributed by atoms with E-state index in [0.717, 1.165) is 9.87 Å². The number of aryl methyl sites for hydroxylation is 1. The first-order chi connectivity index (χ1) is 17.2. The summed E-state index contributed by atoms with van der Waals surface area (Å²) in [6.07, 6.45) is 3.06. The Labute approximate surface area is 215 Å². The van der Waals surface area contributed by atoms with Crippen molar-refractivity contribution in [3.63, 3.8) is 0 Å². The Balaban J connectivity index is 1.86. The molecule has 3 aromatic rings. The lowest BCUT2D eigenvalue weighted by atomic mass is 10.2. The van der Waals surface area contributed by atoms with Crippen LogP contribution in [-0.4, -0.2) is 40.8 Å². The van der Waals surface area contributed by atoms with Gasteiger partial charge in [-0.25, -0.2) is 13.8 Å². The van der Waals surface area contributed by atoms with Gasteiger partial charge in [0.2, 0.25) is 0 Å². The highest BCUT2D eigenvalue weighted by Gasteiger charge is 2.29. The standard InChI is InChI=1S/C26H26ClN3O5S/c1-4-14-35-22-7-5-6-20(15-22)17-28-29-26(31)18-30(24-16-21(27)10-13-25(24)34-3)36(32,33)23-11-8-19(2)9-12-23/h4-13,15-17H,1,14,18H2,2-3H3,(H,29,31)/b28-17-. The number of amides is 1. The van der Waals surface area contributed by atoms with Gasteiger partial charge in [0.15, 0.2) is 0 Å². The summed E-state index contributed by atoms with van der Waals surface area (Å²) in [4.78, 5) is 12.8. The van der Waals surface area contributed by atoms with E-state index in [-0.39, 0.29) is 21.4 Å². The van der Waals surface area contributed by atoms with Gasteiger partial charge in [0.1, 0.15) is 24.7 Å². The number of hydrazone groups is 1. The molecule has 0 aliphatic carbocycles. The predicted molar refractivity (Wildman–Crippen MR) is 142 cm³/mol. The topological polar surface area (TPSA) is 97.3 Å². The van der Waals surface area contributed by atoms with E-state index in [0.29, 0.717) is 17.9 Å². The van der Waals surface area contributed by atoms with Gasteiger partial charge in [0, 0.05) is 5.02 Å². The number of carbonyl (C=O) groups is 1. The molecule has 0 saturated carbocycles. The van der Waals surface area contributed by atoms with Crippen LogP contribution in [0.2, 0.25) is 5.02 Å². The van der Waals surface area contributed by atoms with Crippen molar-refractivity contribution in [2.24, 2.45) is 5.10 Å². The number of benzene rings is 3. The fourth-order valence-corrected chi connectivity index (χ4v) is 4.77. The number of halogens is 1. The van der Waals surface area contributed by atoms with Crippen molar-refractivity contribution in [3.8, 4) is 11.5 Å². The number of hydrogen-bond donors (Lipinski definition) is 1. The van der Waals surface area contributed by atoms with Crippen LogP contribution < -0.4 is 19.2 Å². The van der Waals surface area contributed by atoms with Gasteiger partial charge in [-0.3, -0.25) is 9.10 Å². The van der Waals surface area contributed by atoms with Gasteiger partial charge in [-0.2, -0.15) is 5.10 Å². The molecule has 0 bridgehead atoms. The molecule has 0 fully saturated rings. The molecule has 0 aliphatic heterocycles. The highest BCUT2D eigenvalue weighted by molar-refractivity contribution is 7.92. The number of nitrogens with one attached hydrogen (secondary N) is 1. The number of nitrogens with zero attached hydrogens (tertiary/aromatic N) is 2. The third-order valence-corrected chi connectivity index (χ3v) is 6.94. The van der Waals surface area contributed by atoms with Crippen molar-refractivity contribution in [3.05, 3.63) is 95.5 Å². The first kappa shape index (κ1) is 26.8. The molecule has 3 rings (SSSR count). The first-order valence-electron chi connectivity index (χ1n) is 10.8. The van der Waals surface area contributed by atoms with Gasteiger partial charge in [-0.05, 0) is 55.0 Å². The molecule has 0 aromatic heterocycles. The molecule has 1 amide bonds. The first-order valence-corrected chi connectivity index (χ1v) is 12.6. The SMILES string of the molecule is C=CCOc1cccc(/C=N\NC(=O)CN(c2cc(Cl)ccc2OC)S(=O)(=O)c2ccc(C)cc2)c1. The lowest BCUT2D eigenvalue weighted by Crippen LogP contribution is -2.39. The summed E-state index contributed by atoms with van der Waals surface area (Å²) >= 11 is 6.15. The fourth-order valence-electron chi connectivity index (χ4n) is 3.18. The maximum absolute atomic E-state index is 13.6. The van der Waals surface area contributed by atoms with E-state index in [9.17, 15) is 13.2 Å². The largest absolute Gasteiger partial charge is 0.495 e. The highest BCUT2D eigenvalue weighted by Crippen LogP contribution is 2.34. The van der Waals surface area contributed by atoms with Gasteiger partial charge in [0.05, 0.1) is 23.9 Å². The maximum atomic E-state index is 13.6. The quantitative estimate of drug-likeness (QED) is 0.224. The maximum Gasteiger partial charge on any atom is 0.264 e. The van der Waals surface area contributed by atoms with Crippen LogP contribution in [-0.2, 0) is 14.8 Å². The third-order valence-electron chi connectivity index (χ3n) is 4.93. The van der Waals surface area contributed by atoms with Gasteiger partial charge in [-0.1, -0.05) is 54.1 Å². The van der Waals surface area contributed by atoms with Crippen molar-refractivity contribution in [1.82, 2.24) is 5.43 Å². The van der Waals surface area contributed by atoms with E-state index in [1.165, 1.54) is 37.6 Å². The third kappa shape index (κ3) is 6.87. The monoisotopic (exact) mass is 527 g/mol. The second-order valence-corrected chi connectivity index (χ2v) is 9.90. The molecular weight excluding hydrogens is 502 g/mol. The van der Waals surface area contributed by atoms with Crippen molar-refractivity contribution < 1.29 is 22.7 Å². The number of hydrogen-bond acceptors (Lipinski definition) is 6. The number of rotatable bonds is 11. The molecule has 8 nitrogen and oxygen atoms in total. The average molecular weight is 528 g/mol. The number of ether oxygens (including phenoxy) is 2. The van der Waals surface area contributed by atoms with Crippen LogP contribution in [0.15, 0.2) is 89.4 Å². The Bertz CT molecular complexity index is 1360. The summed E-state index contributed by atoms with van der Waals surface area (Å²) in [6, 6.07) is 17.9. The van der Waals surface area contributed by atoms with E-state index < -0.39 is 22.5 Å². The van der Waals surface area contributed by atoms with Gasteiger partial charge >= 0.3 is 0 Å². The van der Waals surface area contributed by atoms with Crippen LogP contribution >= 0.6 is 11.6 Å². The molecule has 0 heterocycles. The summed E-state index contributed by atoms with van der Waals surface area (Å²) < 4.78 is 38.9. The molecule has 3 aromatic carbocycles. The van der Waals surface area contributed by atoms with Gasteiger partial charge in [0.25, 0.3) is 15.9 Å². The second-order valence-electron chi connectivity index (χ2n) is 7.61. The van der Waals surface area contributed by atoms with Crippen LogP contribution in [0.3, 0.4) is 0 Å². The van der Waals surface area contributed by atoms with E-state index in [2.05, 4.69) is 17.1 Å². The van der Waals surface area contributed by atoms with E-state index in [1.807, 2.05) is 6.92 Å². The summed E-state index contributed by atoms with van der Waals surface area (Å²) in [7, 11) is -2.75. The zero-order chi connectivity index (χ0) is 26.1. The summed E-state index contributed by atoms with van der Waals surface area (Å²) in [6.45, 7) is 5.25. The Morgan fingerprint density at radius 3 is 2.58 bits per heavy atom. The van der Waals surface area contributed by atoms with E-state index in [4.69, 9.17) is 21.1 Å². The molecule has 0 atom stereocenters. The lowest BCUT2D eigenvalue weighted by Gasteiger charge is -2.25. The van der Waals surface area contributed by atoms with Crippen molar-refractivity contribution in [1.29, 1.82) is 0 Å². The van der Waals surface area contributed by atoms with Gasteiger partial charge < -0.3 is 9.47 Å². The summed E-state index contributed by atoms with van der Waals surface area (Å²) in [5, 5.41) is 4.24. The van der Waals surface area contributed by atoms with E-state index in [1.54, 1.807) is 48.5 Å². The molecule has 1 N–H and O–H groups in total. The Hall–Kier alpha value is -3.82. The summed E-state index contributed by atoms with van der Waals surface area (Å²) in [5.41, 5.74) is 4.07. The van der Waals surface area contributed by atoms with Crippen LogP contribution in [0.25, 0.3) is 0 Å². The Kier molecular flexibility index (Phi) is 9.10. The number of sulfonamides is 1. The number of anilines is 1. The van der Waals surface area contributed by atoms with Crippen molar-refractivity contribution in [2.75, 3.05) is 24.6 Å². The molecule has 10 heteroatoms.